The van der Waals surface area contributed by atoms with Gasteiger partial charge in [-0.05, 0) is 37.5 Å². The normalized spacial score (nSPS) is 23.9. The molecular formula is C16H20O5. The van der Waals surface area contributed by atoms with E-state index in [0.717, 1.165) is 31.4 Å². The predicted molar refractivity (Wildman–Crippen MR) is 77.4 cm³/mol. The lowest BCUT2D eigenvalue weighted by Crippen LogP contribution is -2.25. The van der Waals surface area contributed by atoms with Crippen molar-refractivity contribution in [2.75, 3.05) is 13.2 Å². The van der Waals surface area contributed by atoms with Crippen molar-refractivity contribution in [2.24, 2.45) is 0 Å². The van der Waals surface area contributed by atoms with Gasteiger partial charge in [-0.25, -0.2) is 0 Å². The van der Waals surface area contributed by atoms with E-state index in [4.69, 9.17) is 23.7 Å². The molecular weight excluding hydrogens is 272 g/mol. The molecule has 5 nitrogen and oxygen atoms in total. The van der Waals surface area contributed by atoms with Crippen LogP contribution >= 0.6 is 0 Å². The van der Waals surface area contributed by atoms with Crippen LogP contribution in [0, 0.1) is 0 Å². The first kappa shape index (κ1) is 14.2. The zero-order chi connectivity index (χ0) is 14.7. The van der Waals surface area contributed by atoms with Gasteiger partial charge < -0.3 is 23.7 Å². The fourth-order valence-corrected chi connectivity index (χ4v) is 2.38. The Kier molecular flexibility index (Phi) is 4.31. The monoisotopic (exact) mass is 292 g/mol. The minimum Gasteiger partial charge on any atom is -0.461 e. The molecule has 2 aliphatic rings. The molecule has 0 aliphatic carbocycles. The Hall–Kier alpha value is -1.72. The Balaban J connectivity index is 1.82. The third kappa shape index (κ3) is 3.14. The van der Waals surface area contributed by atoms with E-state index in [-0.39, 0.29) is 6.29 Å². The molecule has 2 heterocycles. The molecule has 1 fully saturated rings. The van der Waals surface area contributed by atoms with Gasteiger partial charge in [0.2, 0.25) is 5.75 Å². The molecule has 0 saturated carbocycles. The van der Waals surface area contributed by atoms with Gasteiger partial charge in [-0.1, -0.05) is 12.7 Å². The van der Waals surface area contributed by atoms with Crippen molar-refractivity contribution in [1.82, 2.24) is 0 Å². The number of fused-ring (bicyclic) bond motifs is 1. The number of hydrogen-bond donors (Lipinski definition) is 0. The molecule has 2 aliphatic heterocycles. The van der Waals surface area contributed by atoms with Crippen molar-refractivity contribution in [1.29, 1.82) is 0 Å². The summed E-state index contributed by atoms with van der Waals surface area (Å²) in [5.41, 5.74) is 0.903. The first-order valence-electron chi connectivity index (χ1n) is 7.34. The number of ether oxygens (including phenoxy) is 5. The number of benzene rings is 1. The summed E-state index contributed by atoms with van der Waals surface area (Å²) in [5.74, 6) is 1.78. The summed E-state index contributed by atoms with van der Waals surface area (Å²) in [6, 6.07) is 3.73. The van der Waals surface area contributed by atoms with Crippen LogP contribution in [0.3, 0.4) is 0 Å². The van der Waals surface area contributed by atoms with E-state index in [1.807, 2.05) is 19.1 Å². The molecule has 114 valence electrons. The molecule has 1 saturated heterocycles. The van der Waals surface area contributed by atoms with Gasteiger partial charge in [0.15, 0.2) is 17.8 Å². The molecule has 5 heteroatoms. The van der Waals surface area contributed by atoms with Crippen LogP contribution < -0.4 is 14.2 Å². The van der Waals surface area contributed by atoms with Crippen molar-refractivity contribution in [2.45, 2.75) is 39.0 Å². The van der Waals surface area contributed by atoms with Crippen LogP contribution in [0.5, 0.6) is 17.2 Å². The minimum atomic E-state index is -0.723. The molecule has 0 spiro atoms. The Morgan fingerprint density at radius 3 is 2.95 bits per heavy atom. The quantitative estimate of drug-likeness (QED) is 0.833. The first-order valence-corrected chi connectivity index (χ1v) is 7.34. The highest BCUT2D eigenvalue weighted by Gasteiger charge is 2.30. The second kappa shape index (κ2) is 6.37. The summed E-state index contributed by atoms with van der Waals surface area (Å²) in [4.78, 5) is 0. The standard InChI is InChI=1S/C16H20O5/c1-3-11-9-12(19-14-7-5-6-8-18-14)15-13(10-11)20-16(21-15)17-4-2/h3,9-10,14,16H,1,4-8H2,2H3. The summed E-state index contributed by atoms with van der Waals surface area (Å²) in [6.45, 7) is 6.19. The predicted octanol–water partition coefficient (Wildman–Crippen LogP) is 3.33. The van der Waals surface area contributed by atoms with Crippen LogP contribution in [-0.2, 0) is 9.47 Å². The lowest BCUT2D eigenvalue weighted by Gasteiger charge is -2.24. The lowest BCUT2D eigenvalue weighted by atomic mass is 10.1. The molecule has 3 rings (SSSR count). The number of hydrogen-bond acceptors (Lipinski definition) is 5. The maximum absolute atomic E-state index is 5.94. The van der Waals surface area contributed by atoms with E-state index in [1.165, 1.54) is 0 Å². The second-order valence-electron chi connectivity index (χ2n) is 4.94. The van der Waals surface area contributed by atoms with Crippen LogP contribution in [0.4, 0.5) is 0 Å². The Morgan fingerprint density at radius 2 is 2.24 bits per heavy atom. The largest absolute Gasteiger partial charge is 0.461 e. The third-order valence-corrected chi connectivity index (χ3v) is 3.42. The van der Waals surface area contributed by atoms with E-state index < -0.39 is 6.48 Å². The average Bonchev–Trinajstić information content (AvgIpc) is 2.91. The summed E-state index contributed by atoms with van der Waals surface area (Å²) >= 11 is 0. The van der Waals surface area contributed by atoms with Crippen molar-refractivity contribution in [3.05, 3.63) is 24.3 Å². The fourth-order valence-electron chi connectivity index (χ4n) is 2.38. The molecule has 21 heavy (non-hydrogen) atoms. The van der Waals surface area contributed by atoms with Crippen molar-refractivity contribution < 1.29 is 23.7 Å². The van der Waals surface area contributed by atoms with Gasteiger partial charge in [0.1, 0.15) is 0 Å². The molecule has 0 radical (unpaired) electrons. The van der Waals surface area contributed by atoms with E-state index in [2.05, 4.69) is 6.58 Å². The Labute approximate surface area is 124 Å². The van der Waals surface area contributed by atoms with Gasteiger partial charge in [-0.2, -0.15) is 0 Å². The summed E-state index contributed by atoms with van der Waals surface area (Å²) in [5, 5.41) is 0. The highest BCUT2D eigenvalue weighted by atomic mass is 16.9. The summed E-state index contributed by atoms with van der Waals surface area (Å²) in [7, 11) is 0. The zero-order valence-electron chi connectivity index (χ0n) is 12.2. The van der Waals surface area contributed by atoms with Crippen LogP contribution in [0.1, 0.15) is 31.7 Å². The molecule has 1 aromatic rings. The molecule has 2 atom stereocenters. The highest BCUT2D eigenvalue weighted by molar-refractivity contribution is 5.62. The summed E-state index contributed by atoms with van der Waals surface area (Å²) in [6.07, 6.45) is 4.57. The van der Waals surface area contributed by atoms with Crippen LogP contribution in [-0.4, -0.2) is 26.0 Å². The summed E-state index contributed by atoms with van der Waals surface area (Å²) < 4.78 is 28.2. The van der Waals surface area contributed by atoms with Gasteiger partial charge in [-0.3, -0.25) is 0 Å². The van der Waals surface area contributed by atoms with Gasteiger partial charge in [-0.15, -0.1) is 0 Å². The lowest BCUT2D eigenvalue weighted by molar-refractivity contribution is -0.174. The van der Waals surface area contributed by atoms with Gasteiger partial charge in [0.05, 0.1) is 13.2 Å². The molecule has 0 N–H and O–H groups in total. The average molecular weight is 292 g/mol. The topological polar surface area (TPSA) is 46.2 Å². The number of rotatable bonds is 5. The molecule has 0 aromatic heterocycles. The second-order valence-corrected chi connectivity index (χ2v) is 4.94. The van der Waals surface area contributed by atoms with Crippen LogP contribution in [0.15, 0.2) is 18.7 Å². The molecule has 0 bridgehead atoms. The van der Waals surface area contributed by atoms with Crippen molar-refractivity contribution in [3.63, 3.8) is 0 Å². The maximum Gasteiger partial charge on any atom is 0.361 e. The van der Waals surface area contributed by atoms with Gasteiger partial charge in [0, 0.05) is 6.42 Å². The molecule has 0 amide bonds. The Morgan fingerprint density at radius 1 is 1.33 bits per heavy atom. The third-order valence-electron chi connectivity index (χ3n) is 3.42. The van der Waals surface area contributed by atoms with Gasteiger partial charge in [0.25, 0.3) is 0 Å². The molecule has 1 aromatic carbocycles. The van der Waals surface area contributed by atoms with E-state index >= 15 is 0 Å². The van der Waals surface area contributed by atoms with Gasteiger partial charge >= 0.3 is 6.48 Å². The highest BCUT2D eigenvalue weighted by Crippen LogP contribution is 2.45. The fraction of sp³-hybridized carbons (Fsp3) is 0.500. The van der Waals surface area contributed by atoms with E-state index in [1.54, 1.807) is 6.08 Å². The molecule has 2 unspecified atom stereocenters. The minimum absolute atomic E-state index is 0.238. The maximum atomic E-state index is 5.94. The Bertz CT molecular complexity index is 508. The van der Waals surface area contributed by atoms with E-state index in [9.17, 15) is 0 Å². The van der Waals surface area contributed by atoms with Crippen LogP contribution in [0.25, 0.3) is 6.08 Å². The smallest absolute Gasteiger partial charge is 0.361 e. The first-order chi connectivity index (χ1) is 10.3. The zero-order valence-corrected chi connectivity index (χ0v) is 12.2. The van der Waals surface area contributed by atoms with Crippen molar-refractivity contribution in [3.8, 4) is 17.2 Å². The van der Waals surface area contributed by atoms with Crippen molar-refractivity contribution >= 4 is 6.08 Å². The van der Waals surface area contributed by atoms with E-state index in [0.29, 0.717) is 23.9 Å². The van der Waals surface area contributed by atoms with Crippen LogP contribution in [0.2, 0.25) is 0 Å². The SMILES string of the molecule is C=Cc1cc(OC2CCCCO2)c2c(c1)OC(OCC)O2.